The molecule has 2 aromatic rings. The summed E-state index contributed by atoms with van der Waals surface area (Å²) in [5.74, 6) is 0.954. The predicted molar refractivity (Wildman–Crippen MR) is 60.4 cm³/mol. The first-order valence-corrected chi connectivity index (χ1v) is 5.53. The van der Waals surface area contributed by atoms with Crippen molar-refractivity contribution in [3.63, 3.8) is 0 Å². The Labute approximate surface area is 95.5 Å². The number of aliphatic hydroxyl groups is 1. The summed E-state index contributed by atoms with van der Waals surface area (Å²) in [6.45, 7) is 0.857. The number of hydrogen-bond acceptors (Lipinski definition) is 2. The third kappa shape index (κ3) is 1.25. The number of imidazole rings is 1. The van der Waals surface area contributed by atoms with E-state index in [1.54, 1.807) is 6.20 Å². The fraction of sp³-hybridized carbons (Fsp3) is 0.182. The third-order valence-electron chi connectivity index (χ3n) is 2.74. The number of benzene rings is 1. The monoisotopic (exact) mass is 264 g/mol. The molecule has 76 valence electrons. The van der Waals surface area contributed by atoms with E-state index >= 15 is 0 Å². The molecule has 2 heterocycles. The van der Waals surface area contributed by atoms with Gasteiger partial charge in [0.2, 0.25) is 0 Å². The molecule has 1 aliphatic heterocycles. The molecule has 3 rings (SSSR count). The summed E-state index contributed by atoms with van der Waals surface area (Å²) in [4.78, 5) is 4.33. The fourth-order valence-corrected chi connectivity index (χ4v) is 2.35. The Morgan fingerprint density at radius 3 is 3.13 bits per heavy atom. The molecule has 1 aliphatic rings. The summed E-state index contributed by atoms with van der Waals surface area (Å²) < 4.78 is 3.11. The molecule has 3 nitrogen and oxygen atoms in total. The number of fused-ring (bicyclic) bond motifs is 3. The van der Waals surface area contributed by atoms with Gasteiger partial charge in [-0.3, -0.25) is 0 Å². The van der Waals surface area contributed by atoms with Gasteiger partial charge in [0, 0.05) is 10.0 Å². The number of aliphatic hydroxyl groups excluding tert-OH is 1. The molecule has 0 amide bonds. The van der Waals surface area contributed by atoms with Gasteiger partial charge in [0.05, 0.1) is 25.0 Å². The Hall–Kier alpha value is -1.13. The van der Waals surface area contributed by atoms with Crippen molar-refractivity contribution in [3.8, 4) is 11.4 Å². The molecule has 0 bridgehead atoms. The molecule has 0 unspecified atom stereocenters. The highest BCUT2D eigenvalue weighted by Crippen LogP contribution is 2.33. The molecule has 1 aromatic carbocycles. The van der Waals surface area contributed by atoms with Crippen LogP contribution in [-0.4, -0.2) is 14.7 Å². The fourth-order valence-electron chi connectivity index (χ4n) is 1.99. The summed E-state index contributed by atoms with van der Waals surface area (Å²) in [6, 6.07) is 6.20. The van der Waals surface area contributed by atoms with Gasteiger partial charge in [-0.25, -0.2) is 4.98 Å². The zero-order valence-electron chi connectivity index (χ0n) is 7.94. The topological polar surface area (TPSA) is 38.1 Å². The number of nitrogens with zero attached hydrogens (tertiary/aromatic N) is 2. The van der Waals surface area contributed by atoms with Crippen LogP contribution in [0.25, 0.3) is 11.4 Å². The van der Waals surface area contributed by atoms with Crippen LogP contribution in [-0.2, 0) is 13.2 Å². The van der Waals surface area contributed by atoms with Crippen LogP contribution in [0.1, 0.15) is 11.3 Å². The van der Waals surface area contributed by atoms with E-state index in [2.05, 4.69) is 37.6 Å². The van der Waals surface area contributed by atoms with Gasteiger partial charge in [0.25, 0.3) is 0 Å². The van der Waals surface area contributed by atoms with Crippen LogP contribution in [0.15, 0.2) is 28.9 Å². The summed E-state index contributed by atoms with van der Waals surface area (Å²) in [6.07, 6.45) is 1.74. The second-order valence-corrected chi connectivity index (χ2v) is 4.53. The lowest BCUT2D eigenvalue weighted by molar-refractivity contribution is 0.272. The summed E-state index contributed by atoms with van der Waals surface area (Å²) in [5, 5.41) is 9.15. The molecule has 0 saturated heterocycles. The van der Waals surface area contributed by atoms with E-state index in [0.717, 1.165) is 28.1 Å². The van der Waals surface area contributed by atoms with E-state index in [1.165, 1.54) is 5.56 Å². The van der Waals surface area contributed by atoms with Crippen molar-refractivity contribution in [1.29, 1.82) is 0 Å². The zero-order valence-corrected chi connectivity index (χ0v) is 9.53. The first-order valence-electron chi connectivity index (χ1n) is 4.73. The Bertz CT molecular complexity index is 533. The van der Waals surface area contributed by atoms with Crippen molar-refractivity contribution in [3.05, 3.63) is 40.1 Å². The number of halogens is 1. The highest BCUT2D eigenvalue weighted by molar-refractivity contribution is 9.10. The molecule has 4 heteroatoms. The Kier molecular flexibility index (Phi) is 1.94. The largest absolute Gasteiger partial charge is 0.390 e. The highest BCUT2D eigenvalue weighted by atomic mass is 79.9. The molecule has 0 radical (unpaired) electrons. The number of rotatable bonds is 1. The number of hydrogen-bond donors (Lipinski definition) is 1. The molecule has 15 heavy (non-hydrogen) atoms. The standard InChI is InChI=1S/C11H9BrN2O/c12-8-2-1-7-5-14-9(6-15)4-13-11(14)10(7)3-8/h1-4,15H,5-6H2. The van der Waals surface area contributed by atoms with E-state index < -0.39 is 0 Å². The van der Waals surface area contributed by atoms with Gasteiger partial charge < -0.3 is 9.67 Å². The summed E-state index contributed by atoms with van der Waals surface area (Å²) >= 11 is 3.45. The maximum atomic E-state index is 9.15. The van der Waals surface area contributed by atoms with E-state index in [-0.39, 0.29) is 6.61 Å². The minimum absolute atomic E-state index is 0.0438. The van der Waals surface area contributed by atoms with Crippen LogP contribution in [0.4, 0.5) is 0 Å². The normalized spacial score (nSPS) is 12.7. The van der Waals surface area contributed by atoms with E-state index in [4.69, 9.17) is 5.11 Å². The lowest BCUT2D eigenvalue weighted by Gasteiger charge is -1.99. The van der Waals surface area contributed by atoms with Crippen molar-refractivity contribution >= 4 is 15.9 Å². The van der Waals surface area contributed by atoms with Gasteiger partial charge in [-0.05, 0) is 17.7 Å². The average Bonchev–Trinajstić information content (AvgIpc) is 2.76. The Balaban J connectivity index is 2.22. The van der Waals surface area contributed by atoms with Crippen molar-refractivity contribution in [2.45, 2.75) is 13.2 Å². The minimum Gasteiger partial charge on any atom is -0.390 e. The second-order valence-electron chi connectivity index (χ2n) is 3.62. The van der Waals surface area contributed by atoms with Crippen molar-refractivity contribution in [1.82, 2.24) is 9.55 Å². The van der Waals surface area contributed by atoms with Gasteiger partial charge >= 0.3 is 0 Å². The highest BCUT2D eigenvalue weighted by Gasteiger charge is 2.21. The van der Waals surface area contributed by atoms with Crippen LogP contribution >= 0.6 is 15.9 Å². The molecule has 0 spiro atoms. The first kappa shape index (κ1) is 9.12. The number of aromatic nitrogens is 2. The summed E-state index contributed by atoms with van der Waals surface area (Å²) in [7, 11) is 0. The van der Waals surface area contributed by atoms with Crippen LogP contribution in [0.2, 0.25) is 0 Å². The van der Waals surface area contributed by atoms with Crippen molar-refractivity contribution < 1.29 is 5.11 Å². The Morgan fingerprint density at radius 2 is 2.33 bits per heavy atom. The maximum Gasteiger partial charge on any atom is 0.140 e. The van der Waals surface area contributed by atoms with Crippen LogP contribution in [0, 0.1) is 0 Å². The molecule has 1 N–H and O–H groups in total. The Morgan fingerprint density at radius 1 is 1.47 bits per heavy atom. The quantitative estimate of drug-likeness (QED) is 0.732. The van der Waals surface area contributed by atoms with Crippen LogP contribution in [0.3, 0.4) is 0 Å². The van der Waals surface area contributed by atoms with Gasteiger partial charge in [-0.2, -0.15) is 0 Å². The average molecular weight is 265 g/mol. The minimum atomic E-state index is 0.0438. The van der Waals surface area contributed by atoms with Gasteiger partial charge in [-0.1, -0.05) is 22.0 Å². The van der Waals surface area contributed by atoms with Crippen molar-refractivity contribution in [2.24, 2.45) is 0 Å². The molecular weight excluding hydrogens is 256 g/mol. The first-order chi connectivity index (χ1) is 7.29. The van der Waals surface area contributed by atoms with Crippen molar-refractivity contribution in [2.75, 3.05) is 0 Å². The lowest BCUT2D eigenvalue weighted by Crippen LogP contribution is -1.98. The maximum absolute atomic E-state index is 9.15. The van der Waals surface area contributed by atoms with E-state index in [0.29, 0.717) is 0 Å². The molecule has 0 saturated carbocycles. The van der Waals surface area contributed by atoms with E-state index in [1.807, 2.05) is 6.07 Å². The van der Waals surface area contributed by atoms with Gasteiger partial charge in [0.15, 0.2) is 0 Å². The molecule has 0 atom stereocenters. The lowest BCUT2D eigenvalue weighted by atomic mass is 10.1. The summed E-state index contributed by atoms with van der Waals surface area (Å²) in [5.41, 5.74) is 3.29. The molecule has 0 fully saturated rings. The van der Waals surface area contributed by atoms with Gasteiger partial charge in [-0.15, -0.1) is 0 Å². The molecular formula is C11H9BrN2O. The molecule has 1 aromatic heterocycles. The second kappa shape index (κ2) is 3.18. The van der Waals surface area contributed by atoms with Crippen LogP contribution < -0.4 is 0 Å². The zero-order chi connectivity index (χ0) is 10.4. The van der Waals surface area contributed by atoms with Gasteiger partial charge in [0.1, 0.15) is 5.82 Å². The smallest absolute Gasteiger partial charge is 0.140 e. The van der Waals surface area contributed by atoms with Crippen LogP contribution in [0.5, 0.6) is 0 Å². The molecule has 0 aliphatic carbocycles. The predicted octanol–water partition coefficient (Wildman–Crippen LogP) is 2.17. The third-order valence-corrected chi connectivity index (χ3v) is 3.23. The SMILES string of the molecule is OCc1cnc2n1Cc1ccc(Br)cc1-2. The van der Waals surface area contributed by atoms with E-state index in [9.17, 15) is 0 Å².